The van der Waals surface area contributed by atoms with Gasteiger partial charge < -0.3 is 10.2 Å². The fourth-order valence-corrected chi connectivity index (χ4v) is 3.36. The first-order chi connectivity index (χ1) is 12.8. The minimum Gasteiger partial charge on any atom is -0.349 e. The Morgan fingerprint density at radius 1 is 1.07 bits per heavy atom. The highest BCUT2D eigenvalue weighted by molar-refractivity contribution is 5.94. The molecule has 144 valence electrons. The Bertz CT molecular complexity index is 809. The molecule has 0 bridgehead atoms. The lowest BCUT2D eigenvalue weighted by molar-refractivity contribution is -0.140. The van der Waals surface area contributed by atoms with E-state index in [2.05, 4.69) is 10.4 Å². The fraction of sp³-hybridized carbons (Fsp3) is 0.476. The van der Waals surface area contributed by atoms with Gasteiger partial charge in [0.1, 0.15) is 0 Å². The van der Waals surface area contributed by atoms with Crippen molar-refractivity contribution in [2.45, 2.75) is 46.6 Å². The predicted octanol–water partition coefficient (Wildman–Crippen LogP) is 2.95. The van der Waals surface area contributed by atoms with Crippen LogP contribution in [0.5, 0.6) is 0 Å². The molecule has 1 fully saturated rings. The summed E-state index contributed by atoms with van der Waals surface area (Å²) in [6.07, 6.45) is 3.34. The average Bonchev–Trinajstić information content (AvgIpc) is 3.07. The van der Waals surface area contributed by atoms with Crippen LogP contribution in [0, 0.1) is 12.3 Å². The second-order valence-corrected chi connectivity index (χ2v) is 8.22. The second-order valence-electron chi connectivity index (χ2n) is 8.22. The van der Waals surface area contributed by atoms with E-state index in [1.54, 1.807) is 6.20 Å². The van der Waals surface area contributed by atoms with Crippen molar-refractivity contribution in [3.8, 4) is 5.69 Å². The third-order valence-corrected chi connectivity index (χ3v) is 4.97. The molecular formula is C21H28N4O2. The molecule has 0 spiro atoms. The van der Waals surface area contributed by atoms with Gasteiger partial charge in [0.2, 0.25) is 5.91 Å². The van der Waals surface area contributed by atoms with Crippen molar-refractivity contribution in [2.75, 3.05) is 13.1 Å². The number of amides is 2. The minimum absolute atomic E-state index is 0.0701. The van der Waals surface area contributed by atoms with Crippen LogP contribution >= 0.6 is 0 Å². The van der Waals surface area contributed by atoms with Crippen molar-refractivity contribution >= 4 is 11.8 Å². The van der Waals surface area contributed by atoms with Crippen LogP contribution in [0.3, 0.4) is 0 Å². The van der Waals surface area contributed by atoms with E-state index in [-0.39, 0.29) is 23.3 Å². The molecule has 1 N–H and O–H groups in total. The number of hydrogen-bond acceptors (Lipinski definition) is 3. The van der Waals surface area contributed by atoms with Gasteiger partial charge in [0.25, 0.3) is 5.91 Å². The largest absolute Gasteiger partial charge is 0.349 e. The molecule has 6 heteroatoms. The molecule has 0 unspecified atom stereocenters. The van der Waals surface area contributed by atoms with E-state index in [0.29, 0.717) is 18.7 Å². The molecule has 2 heterocycles. The van der Waals surface area contributed by atoms with Gasteiger partial charge in [-0.25, -0.2) is 4.68 Å². The summed E-state index contributed by atoms with van der Waals surface area (Å²) < 4.78 is 1.84. The van der Waals surface area contributed by atoms with Gasteiger partial charge in [0.05, 0.1) is 5.69 Å². The molecule has 0 aliphatic carbocycles. The Hall–Kier alpha value is -2.63. The van der Waals surface area contributed by atoms with Crippen molar-refractivity contribution in [1.82, 2.24) is 20.0 Å². The molecule has 6 nitrogen and oxygen atoms in total. The van der Waals surface area contributed by atoms with E-state index in [1.807, 2.05) is 67.6 Å². The Morgan fingerprint density at radius 3 is 2.22 bits per heavy atom. The summed E-state index contributed by atoms with van der Waals surface area (Å²) in [6.45, 7) is 9.20. The van der Waals surface area contributed by atoms with Gasteiger partial charge in [-0.1, -0.05) is 20.8 Å². The van der Waals surface area contributed by atoms with Crippen LogP contribution in [-0.4, -0.2) is 45.6 Å². The first-order valence-corrected chi connectivity index (χ1v) is 9.47. The molecular weight excluding hydrogens is 340 g/mol. The zero-order chi connectivity index (χ0) is 19.6. The standard InChI is InChI=1S/C21H28N4O2/c1-15-9-12-22-25(15)18-7-5-16(6-8-18)19(26)23-17-10-13-24(14-11-17)20(27)21(2,3)4/h5-9,12,17H,10-11,13-14H2,1-4H3,(H,23,26). The first-order valence-electron chi connectivity index (χ1n) is 9.47. The van der Waals surface area contributed by atoms with Gasteiger partial charge in [-0.15, -0.1) is 0 Å². The highest BCUT2D eigenvalue weighted by atomic mass is 16.2. The van der Waals surface area contributed by atoms with E-state index < -0.39 is 0 Å². The molecule has 0 radical (unpaired) electrons. The lowest BCUT2D eigenvalue weighted by Crippen LogP contribution is -2.49. The Morgan fingerprint density at radius 2 is 1.70 bits per heavy atom. The number of likely N-dealkylation sites (tertiary alicyclic amines) is 1. The average molecular weight is 368 g/mol. The quantitative estimate of drug-likeness (QED) is 0.906. The maximum atomic E-state index is 12.5. The van der Waals surface area contributed by atoms with Crippen LogP contribution in [0.1, 0.15) is 49.7 Å². The maximum absolute atomic E-state index is 12.5. The summed E-state index contributed by atoms with van der Waals surface area (Å²) in [6, 6.07) is 9.50. The van der Waals surface area contributed by atoms with E-state index in [9.17, 15) is 9.59 Å². The van der Waals surface area contributed by atoms with E-state index in [0.717, 1.165) is 24.2 Å². The van der Waals surface area contributed by atoms with Crippen molar-refractivity contribution in [3.05, 3.63) is 47.8 Å². The SMILES string of the molecule is Cc1ccnn1-c1ccc(C(=O)NC2CCN(C(=O)C(C)(C)C)CC2)cc1. The van der Waals surface area contributed by atoms with Crippen LogP contribution in [0.2, 0.25) is 0 Å². The molecule has 1 aliphatic rings. The van der Waals surface area contributed by atoms with Crippen LogP contribution in [-0.2, 0) is 4.79 Å². The number of carbonyl (C=O) groups is 2. The van der Waals surface area contributed by atoms with Crippen LogP contribution < -0.4 is 5.32 Å². The van der Waals surface area contributed by atoms with Crippen LogP contribution in [0.4, 0.5) is 0 Å². The van der Waals surface area contributed by atoms with Crippen molar-refractivity contribution in [2.24, 2.45) is 5.41 Å². The molecule has 0 saturated carbocycles. The van der Waals surface area contributed by atoms with Gasteiger partial charge in [-0.2, -0.15) is 5.10 Å². The third-order valence-electron chi connectivity index (χ3n) is 4.97. The Balaban J connectivity index is 1.56. The van der Waals surface area contributed by atoms with E-state index >= 15 is 0 Å². The molecule has 2 amide bonds. The summed E-state index contributed by atoms with van der Waals surface area (Å²) in [5, 5.41) is 7.38. The molecule has 1 aromatic heterocycles. The summed E-state index contributed by atoms with van der Waals surface area (Å²) in [5.74, 6) is 0.108. The van der Waals surface area contributed by atoms with Gasteiger partial charge in [0.15, 0.2) is 0 Å². The Labute approximate surface area is 160 Å². The molecule has 1 aliphatic heterocycles. The monoisotopic (exact) mass is 368 g/mol. The first kappa shape index (κ1) is 19.1. The topological polar surface area (TPSA) is 67.2 Å². The number of nitrogens with zero attached hydrogens (tertiary/aromatic N) is 3. The maximum Gasteiger partial charge on any atom is 0.251 e. The molecule has 2 aromatic rings. The van der Waals surface area contributed by atoms with Crippen LogP contribution in [0.25, 0.3) is 5.69 Å². The van der Waals surface area contributed by atoms with Crippen molar-refractivity contribution in [1.29, 1.82) is 0 Å². The number of aryl methyl sites for hydroxylation is 1. The number of nitrogens with one attached hydrogen (secondary N) is 1. The highest BCUT2D eigenvalue weighted by Crippen LogP contribution is 2.21. The number of rotatable bonds is 3. The zero-order valence-corrected chi connectivity index (χ0v) is 16.5. The summed E-state index contributed by atoms with van der Waals surface area (Å²) in [5.41, 5.74) is 2.26. The second kappa shape index (κ2) is 7.55. The summed E-state index contributed by atoms with van der Waals surface area (Å²) >= 11 is 0. The number of hydrogen-bond donors (Lipinski definition) is 1. The molecule has 27 heavy (non-hydrogen) atoms. The fourth-order valence-electron chi connectivity index (χ4n) is 3.36. The predicted molar refractivity (Wildman–Crippen MR) is 105 cm³/mol. The lowest BCUT2D eigenvalue weighted by Gasteiger charge is -2.36. The van der Waals surface area contributed by atoms with Crippen LogP contribution in [0.15, 0.2) is 36.5 Å². The molecule has 0 atom stereocenters. The zero-order valence-electron chi connectivity index (χ0n) is 16.5. The number of piperidine rings is 1. The summed E-state index contributed by atoms with van der Waals surface area (Å²) in [7, 11) is 0. The minimum atomic E-state index is -0.356. The van der Waals surface area contributed by atoms with E-state index in [4.69, 9.17) is 0 Å². The van der Waals surface area contributed by atoms with Gasteiger partial charge in [0, 0.05) is 42.0 Å². The number of benzene rings is 1. The van der Waals surface area contributed by atoms with Gasteiger partial charge in [-0.05, 0) is 50.1 Å². The van der Waals surface area contributed by atoms with E-state index in [1.165, 1.54) is 0 Å². The molecule has 3 rings (SSSR count). The normalized spacial score (nSPS) is 15.6. The van der Waals surface area contributed by atoms with Gasteiger partial charge in [-0.3, -0.25) is 9.59 Å². The van der Waals surface area contributed by atoms with Crippen molar-refractivity contribution < 1.29 is 9.59 Å². The van der Waals surface area contributed by atoms with Crippen molar-refractivity contribution in [3.63, 3.8) is 0 Å². The molecule has 1 aromatic carbocycles. The summed E-state index contributed by atoms with van der Waals surface area (Å²) in [4.78, 5) is 26.8. The smallest absolute Gasteiger partial charge is 0.251 e. The highest BCUT2D eigenvalue weighted by Gasteiger charge is 2.30. The lowest BCUT2D eigenvalue weighted by atomic mass is 9.93. The number of carbonyl (C=O) groups excluding carboxylic acids is 2. The third kappa shape index (κ3) is 4.38. The van der Waals surface area contributed by atoms with Gasteiger partial charge >= 0.3 is 0 Å². The Kier molecular flexibility index (Phi) is 5.35. The molecule has 1 saturated heterocycles. The number of aromatic nitrogens is 2.